The van der Waals surface area contributed by atoms with E-state index in [0.717, 1.165) is 18.5 Å². The summed E-state index contributed by atoms with van der Waals surface area (Å²) in [6.45, 7) is 3.82. The van der Waals surface area contributed by atoms with Gasteiger partial charge in [-0.3, -0.25) is 9.69 Å². The molecule has 0 spiro atoms. The van der Waals surface area contributed by atoms with Crippen LogP contribution in [-0.2, 0) is 17.8 Å². The summed E-state index contributed by atoms with van der Waals surface area (Å²) >= 11 is 1.80. The van der Waals surface area contributed by atoms with Gasteiger partial charge in [0.1, 0.15) is 5.75 Å². The van der Waals surface area contributed by atoms with Gasteiger partial charge in [-0.05, 0) is 36.4 Å². The number of hydrogen-bond donors (Lipinski definition) is 1. The second-order valence-electron chi connectivity index (χ2n) is 6.49. The Morgan fingerprint density at radius 1 is 1.19 bits per heavy atom. The van der Waals surface area contributed by atoms with E-state index in [1.54, 1.807) is 38.7 Å². The fourth-order valence-electron chi connectivity index (χ4n) is 3.44. The van der Waals surface area contributed by atoms with E-state index in [0.29, 0.717) is 30.3 Å². The van der Waals surface area contributed by atoms with Crippen LogP contribution in [0, 0.1) is 0 Å². The monoisotopic (exact) mass is 390 g/mol. The first-order chi connectivity index (χ1) is 13.1. The van der Waals surface area contributed by atoms with Crippen molar-refractivity contribution in [2.45, 2.75) is 25.9 Å². The molecule has 1 N–H and O–H groups in total. The number of nitrogens with one attached hydrogen (secondary N) is 1. The van der Waals surface area contributed by atoms with Crippen molar-refractivity contribution in [3.8, 4) is 17.2 Å². The van der Waals surface area contributed by atoms with Gasteiger partial charge in [0.15, 0.2) is 11.5 Å². The van der Waals surface area contributed by atoms with E-state index in [1.165, 1.54) is 10.4 Å². The summed E-state index contributed by atoms with van der Waals surface area (Å²) in [5, 5.41) is 5.13. The highest BCUT2D eigenvalue weighted by Gasteiger charge is 2.26. The quantitative estimate of drug-likeness (QED) is 0.788. The van der Waals surface area contributed by atoms with Gasteiger partial charge in [0.2, 0.25) is 5.91 Å². The predicted octanol–water partition coefficient (Wildman–Crippen LogP) is 3.01. The molecule has 0 radical (unpaired) electrons. The molecule has 7 heteroatoms. The number of amides is 1. The number of nitrogens with zero attached hydrogens (tertiary/aromatic N) is 1. The van der Waals surface area contributed by atoms with Crippen molar-refractivity contribution >= 4 is 17.2 Å². The largest absolute Gasteiger partial charge is 0.496 e. The van der Waals surface area contributed by atoms with Crippen LogP contribution in [0.4, 0.5) is 0 Å². The molecular formula is C20H26N2O4S. The third-order valence-electron chi connectivity index (χ3n) is 5.01. The lowest BCUT2D eigenvalue weighted by Crippen LogP contribution is -2.41. The number of thiophene rings is 1. The zero-order chi connectivity index (χ0) is 19.4. The van der Waals surface area contributed by atoms with Gasteiger partial charge in [0.05, 0.1) is 27.9 Å². The Kier molecular flexibility index (Phi) is 6.23. The molecule has 1 aliphatic rings. The maximum absolute atomic E-state index is 12.5. The first-order valence-corrected chi connectivity index (χ1v) is 9.81. The van der Waals surface area contributed by atoms with Crippen molar-refractivity contribution < 1.29 is 19.0 Å². The molecule has 0 saturated heterocycles. The van der Waals surface area contributed by atoms with Crippen molar-refractivity contribution in [2.24, 2.45) is 0 Å². The third-order valence-corrected chi connectivity index (χ3v) is 6.01. The van der Waals surface area contributed by atoms with E-state index in [4.69, 9.17) is 14.2 Å². The fraction of sp³-hybridized carbons (Fsp3) is 0.450. The third kappa shape index (κ3) is 4.20. The maximum Gasteiger partial charge on any atom is 0.234 e. The van der Waals surface area contributed by atoms with Crippen LogP contribution in [0.5, 0.6) is 17.2 Å². The zero-order valence-electron chi connectivity index (χ0n) is 16.2. The van der Waals surface area contributed by atoms with Crippen molar-refractivity contribution in [1.29, 1.82) is 0 Å². The highest BCUT2D eigenvalue weighted by atomic mass is 32.1. The van der Waals surface area contributed by atoms with E-state index in [2.05, 4.69) is 28.6 Å². The van der Waals surface area contributed by atoms with E-state index < -0.39 is 0 Å². The molecule has 2 aromatic rings. The highest BCUT2D eigenvalue weighted by molar-refractivity contribution is 7.10. The van der Waals surface area contributed by atoms with Gasteiger partial charge in [-0.2, -0.15) is 0 Å². The second-order valence-corrected chi connectivity index (χ2v) is 7.49. The molecule has 1 aromatic heterocycles. The average molecular weight is 391 g/mol. The normalized spacial score (nSPS) is 16.5. The number of ether oxygens (including phenoxy) is 3. The molecule has 0 saturated carbocycles. The molecule has 3 rings (SSSR count). The standard InChI is InChI=1S/C20H26N2O4S/c1-13-15-6-8-27-19(15)5-7-22(13)12-20(23)21-11-14-9-17(25-3)18(26-4)10-16(14)24-2/h6,8-10,13H,5,7,11-12H2,1-4H3,(H,21,23)/t13-/m0/s1. The van der Waals surface area contributed by atoms with E-state index in [9.17, 15) is 4.79 Å². The van der Waals surface area contributed by atoms with Crippen molar-refractivity contribution in [3.05, 3.63) is 39.6 Å². The molecule has 1 atom stereocenters. The Morgan fingerprint density at radius 3 is 2.59 bits per heavy atom. The SMILES string of the molecule is COc1cc(OC)c(OC)cc1CNC(=O)CN1CCc2sccc2[C@@H]1C. The van der Waals surface area contributed by atoms with Gasteiger partial charge in [-0.15, -0.1) is 11.3 Å². The van der Waals surface area contributed by atoms with Crippen LogP contribution in [0.1, 0.15) is 29.0 Å². The molecule has 0 aliphatic carbocycles. The fourth-order valence-corrected chi connectivity index (χ4v) is 4.40. The number of carbonyl (C=O) groups excluding carboxylic acids is 1. The van der Waals surface area contributed by atoms with E-state index in [-0.39, 0.29) is 11.9 Å². The Morgan fingerprint density at radius 2 is 1.89 bits per heavy atom. The zero-order valence-corrected chi connectivity index (χ0v) is 17.0. The Labute approximate surface area is 164 Å². The van der Waals surface area contributed by atoms with Crippen LogP contribution >= 0.6 is 11.3 Å². The number of carbonyl (C=O) groups is 1. The summed E-state index contributed by atoms with van der Waals surface area (Å²) in [6.07, 6.45) is 1.01. The Hall–Kier alpha value is -2.25. The molecule has 1 aliphatic heterocycles. The van der Waals surface area contributed by atoms with Crippen LogP contribution in [0.25, 0.3) is 0 Å². The minimum Gasteiger partial charge on any atom is -0.496 e. The van der Waals surface area contributed by atoms with Crippen molar-refractivity contribution in [1.82, 2.24) is 10.2 Å². The maximum atomic E-state index is 12.5. The predicted molar refractivity (Wildman–Crippen MR) is 106 cm³/mol. The van der Waals surface area contributed by atoms with Gasteiger partial charge in [0.25, 0.3) is 0 Å². The number of benzene rings is 1. The number of rotatable bonds is 7. The molecule has 1 aromatic carbocycles. The van der Waals surface area contributed by atoms with Crippen LogP contribution in [0.2, 0.25) is 0 Å². The summed E-state index contributed by atoms with van der Waals surface area (Å²) in [6, 6.07) is 6.04. The van der Waals surface area contributed by atoms with Gasteiger partial charge in [-0.25, -0.2) is 0 Å². The lowest BCUT2D eigenvalue weighted by Gasteiger charge is -2.32. The molecule has 0 fully saturated rings. The minimum absolute atomic E-state index is 0.00244. The number of fused-ring (bicyclic) bond motifs is 1. The summed E-state index contributed by atoms with van der Waals surface area (Å²) in [5.74, 6) is 1.86. The van der Waals surface area contributed by atoms with Gasteiger partial charge < -0.3 is 19.5 Å². The van der Waals surface area contributed by atoms with Crippen molar-refractivity contribution in [2.75, 3.05) is 34.4 Å². The van der Waals surface area contributed by atoms with Crippen LogP contribution < -0.4 is 19.5 Å². The van der Waals surface area contributed by atoms with E-state index >= 15 is 0 Å². The van der Waals surface area contributed by atoms with Crippen molar-refractivity contribution in [3.63, 3.8) is 0 Å². The summed E-state index contributed by atoms with van der Waals surface area (Å²) in [4.78, 5) is 16.2. The highest BCUT2D eigenvalue weighted by Crippen LogP contribution is 2.35. The summed E-state index contributed by atoms with van der Waals surface area (Å²) in [5.41, 5.74) is 2.19. The molecule has 2 heterocycles. The van der Waals surface area contributed by atoms with Crippen LogP contribution in [0.15, 0.2) is 23.6 Å². The molecule has 0 unspecified atom stereocenters. The molecular weight excluding hydrogens is 364 g/mol. The summed E-state index contributed by atoms with van der Waals surface area (Å²) in [7, 11) is 4.76. The van der Waals surface area contributed by atoms with Gasteiger partial charge >= 0.3 is 0 Å². The molecule has 6 nitrogen and oxygen atoms in total. The molecule has 146 valence electrons. The lowest BCUT2D eigenvalue weighted by molar-refractivity contribution is -0.123. The minimum atomic E-state index is -0.00244. The smallest absolute Gasteiger partial charge is 0.234 e. The van der Waals surface area contributed by atoms with Gasteiger partial charge in [0, 0.05) is 35.6 Å². The molecule has 27 heavy (non-hydrogen) atoms. The lowest BCUT2D eigenvalue weighted by atomic mass is 10.0. The molecule has 0 bridgehead atoms. The first-order valence-electron chi connectivity index (χ1n) is 8.93. The first kappa shape index (κ1) is 19.5. The number of hydrogen-bond acceptors (Lipinski definition) is 6. The molecule has 1 amide bonds. The Bertz CT molecular complexity index is 805. The van der Waals surface area contributed by atoms with Gasteiger partial charge in [-0.1, -0.05) is 0 Å². The van der Waals surface area contributed by atoms with E-state index in [1.807, 2.05) is 6.07 Å². The van der Waals surface area contributed by atoms with Crippen LogP contribution in [0.3, 0.4) is 0 Å². The Balaban J connectivity index is 1.63. The van der Waals surface area contributed by atoms with Crippen LogP contribution in [-0.4, -0.2) is 45.2 Å². The summed E-state index contributed by atoms with van der Waals surface area (Å²) < 4.78 is 16.1. The topological polar surface area (TPSA) is 60.0 Å². The number of methoxy groups -OCH3 is 3. The average Bonchev–Trinajstić information content (AvgIpc) is 3.17. The second kappa shape index (κ2) is 8.63.